The monoisotopic (exact) mass is 336 g/mol. The second kappa shape index (κ2) is 4.67. The lowest BCUT2D eigenvalue weighted by Crippen LogP contribution is -2.27. The molecule has 0 spiro atoms. The highest BCUT2D eigenvalue weighted by Crippen LogP contribution is 2.60. The quantitative estimate of drug-likeness (QED) is 0.373. The third-order valence-electron chi connectivity index (χ3n) is 6.01. The number of phenols is 2. The predicted octanol–water partition coefficient (Wildman–Crippen LogP) is 5.24. The molecule has 4 aromatic carbocycles. The average Bonchev–Trinajstić information content (AvgIpc) is 2.69. The van der Waals surface area contributed by atoms with Crippen LogP contribution in [0.4, 0.5) is 0 Å². The van der Waals surface area contributed by atoms with E-state index in [1.807, 2.05) is 0 Å². The Kier molecular flexibility index (Phi) is 2.51. The topological polar surface area (TPSA) is 40.5 Å². The lowest BCUT2D eigenvalue weighted by atomic mass is 9.60. The summed E-state index contributed by atoms with van der Waals surface area (Å²) in [7, 11) is 0. The van der Waals surface area contributed by atoms with Crippen LogP contribution in [0.2, 0.25) is 0 Å². The first-order valence-corrected chi connectivity index (χ1v) is 8.90. The van der Waals surface area contributed by atoms with Gasteiger partial charge in [-0.25, -0.2) is 0 Å². The molecular formula is C24H16O2. The van der Waals surface area contributed by atoms with Crippen molar-refractivity contribution in [1.82, 2.24) is 0 Å². The molecule has 26 heavy (non-hydrogen) atoms. The van der Waals surface area contributed by atoms with Crippen LogP contribution < -0.4 is 0 Å². The zero-order valence-electron chi connectivity index (χ0n) is 14.0. The van der Waals surface area contributed by atoms with E-state index < -0.39 is 0 Å². The van der Waals surface area contributed by atoms with Crippen molar-refractivity contribution in [3.05, 3.63) is 106 Å². The number of hydrogen-bond donors (Lipinski definition) is 2. The summed E-state index contributed by atoms with van der Waals surface area (Å²) in [5, 5.41) is 23.7. The van der Waals surface area contributed by atoms with Crippen molar-refractivity contribution in [2.75, 3.05) is 0 Å². The van der Waals surface area contributed by atoms with E-state index in [-0.39, 0.29) is 23.3 Å². The van der Waals surface area contributed by atoms with Crippen LogP contribution >= 0.6 is 0 Å². The fraction of sp³-hybridized carbons (Fsp3) is 0.0833. The number of aromatic hydroxyl groups is 2. The molecule has 3 aliphatic rings. The highest BCUT2D eigenvalue weighted by molar-refractivity contribution is 5.87. The van der Waals surface area contributed by atoms with Gasteiger partial charge >= 0.3 is 0 Å². The molecule has 7 rings (SSSR count). The first-order chi connectivity index (χ1) is 12.7. The number of benzene rings is 4. The maximum absolute atomic E-state index is 10.7. The molecular weight excluding hydrogens is 320 g/mol. The molecule has 0 aliphatic heterocycles. The second-order valence-electron chi connectivity index (χ2n) is 7.25. The van der Waals surface area contributed by atoms with E-state index in [1.165, 1.54) is 33.0 Å². The number of hydrogen-bond acceptors (Lipinski definition) is 2. The maximum Gasteiger partial charge on any atom is 0.120 e. The first-order valence-electron chi connectivity index (χ1n) is 8.90. The Morgan fingerprint density at radius 3 is 1.38 bits per heavy atom. The normalized spacial score (nSPS) is 19.1. The second-order valence-corrected chi connectivity index (χ2v) is 7.25. The van der Waals surface area contributed by atoms with Crippen molar-refractivity contribution in [3.63, 3.8) is 0 Å². The van der Waals surface area contributed by atoms with Crippen molar-refractivity contribution in [3.8, 4) is 11.5 Å². The van der Waals surface area contributed by atoms with Gasteiger partial charge in [-0.05, 0) is 57.3 Å². The predicted molar refractivity (Wildman–Crippen MR) is 102 cm³/mol. The van der Waals surface area contributed by atoms with Crippen LogP contribution in [0, 0.1) is 0 Å². The molecule has 124 valence electrons. The number of fused-ring (bicyclic) bond motifs is 1. The summed E-state index contributed by atoms with van der Waals surface area (Å²) in [6, 6.07) is 24.5. The fourth-order valence-electron chi connectivity index (χ4n) is 4.99. The van der Waals surface area contributed by atoms with Crippen LogP contribution in [0.25, 0.3) is 10.8 Å². The molecule has 2 N–H and O–H groups in total. The molecule has 0 saturated heterocycles. The van der Waals surface area contributed by atoms with E-state index in [0.717, 1.165) is 11.1 Å². The third-order valence-corrected chi connectivity index (χ3v) is 6.01. The van der Waals surface area contributed by atoms with Gasteiger partial charge in [-0.15, -0.1) is 0 Å². The Morgan fingerprint density at radius 2 is 0.923 bits per heavy atom. The smallest absolute Gasteiger partial charge is 0.120 e. The molecule has 2 heteroatoms. The van der Waals surface area contributed by atoms with Gasteiger partial charge in [-0.2, -0.15) is 0 Å². The van der Waals surface area contributed by atoms with E-state index in [4.69, 9.17) is 0 Å². The summed E-state index contributed by atoms with van der Waals surface area (Å²) in [5.74, 6) is 0.443. The van der Waals surface area contributed by atoms with Gasteiger partial charge in [0.05, 0.1) is 0 Å². The van der Waals surface area contributed by atoms with Crippen LogP contribution in [0.5, 0.6) is 11.5 Å². The molecule has 0 amide bonds. The van der Waals surface area contributed by atoms with Gasteiger partial charge in [0.15, 0.2) is 0 Å². The van der Waals surface area contributed by atoms with Gasteiger partial charge in [0, 0.05) is 23.0 Å². The van der Waals surface area contributed by atoms with Crippen LogP contribution in [0.15, 0.2) is 72.8 Å². The summed E-state index contributed by atoms with van der Waals surface area (Å²) >= 11 is 0. The standard InChI is InChI=1S/C24H16O2/c25-19-9-10-20(26)24-22-16-8-4-3-7-15(16)21(23(19)24)17-11-13-5-1-2-6-14(13)12-18(17)22/h1-12,21-22,25-26H. The Morgan fingerprint density at radius 1 is 0.500 bits per heavy atom. The van der Waals surface area contributed by atoms with Gasteiger partial charge in [0.25, 0.3) is 0 Å². The molecule has 0 aromatic heterocycles. The van der Waals surface area contributed by atoms with Gasteiger partial charge < -0.3 is 10.2 Å². The van der Waals surface area contributed by atoms with Gasteiger partial charge in [-0.1, -0.05) is 48.5 Å². The Labute approximate surface area is 151 Å². The highest BCUT2D eigenvalue weighted by Gasteiger charge is 2.44. The summed E-state index contributed by atoms with van der Waals surface area (Å²) in [6.45, 7) is 0. The molecule has 3 aliphatic carbocycles. The van der Waals surface area contributed by atoms with Crippen molar-refractivity contribution in [1.29, 1.82) is 0 Å². The zero-order valence-corrected chi connectivity index (χ0v) is 14.0. The Hall–Kier alpha value is -3.26. The minimum absolute atomic E-state index is 0.0436. The summed E-state index contributed by atoms with van der Waals surface area (Å²) in [6.07, 6.45) is 0. The molecule has 2 nitrogen and oxygen atoms in total. The van der Waals surface area contributed by atoms with Crippen LogP contribution in [0.3, 0.4) is 0 Å². The minimum atomic E-state index is -0.0436. The van der Waals surface area contributed by atoms with Crippen LogP contribution in [-0.2, 0) is 0 Å². The molecule has 2 atom stereocenters. The van der Waals surface area contributed by atoms with E-state index in [9.17, 15) is 10.2 Å². The van der Waals surface area contributed by atoms with Gasteiger partial charge in [-0.3, -0.25) is 0 Å². The Balaban J connectivity index is 1.79. The summed E-state index contributed by atoms with van der Waals surface area (Å²) in [5.41, 5.74) is 6.65. The lowest BCUT2D eigenvalue weighted by Gasteiger charge is -2.42. The molecule has 2 unspecified atom stereocenters. The lowest BCUT2D eigenvalue weighted by molar-refractivity contribution is 0.441. The molecule has 4 aromatic rings. The number of phenolic OH excluding ortho intramolecular Hbond substituents is 2. The molecule has 2 bridgehead atoms. The highest BCUT2D eigenvalue weighted by atomic mass is 16.3. The van der Waals surface area contributed by atoms with Gasteiger partial charge in [0.1, 0.15) is 11.5 Å². The number of rotatable bonds is 0. The fourth-order valence-corrected chi connectivity index (χ4v) is 4.99. The van der Waals surface area contributed by atoms with Crippen LogP contribution in [0.1, 0.15) is 45.2 Å². The molecule has 0 fully saturated rings. The molecule has 0 heterocycles. The van der Waals surface area contributed by atoms with Crippen molar-refractivity contribution in [2.24, 2.45) is 0 Å². The van der Waals surface area contributed by atoms with Crippen molar-refractivity contribution in [2.45, 2.75) is 11.8 Å². The zero-order chi connectivity index (χ0) is 17.4. The van der Waals surface area contributed by atoms with Crippen molar-refractivity contribution >= 4 is 10.8 Å². The van der Waals surface area contributed by atoms with E-state index in [2.05, 4.69) is 60.7 Å². The van der Waals surface area contributed by atoms with E-state index >= 15 is 0 Å². The maximum atomic E-state index is 10.7. The summed E-state index contributed by atoms with van der Waals surface area (Å²) < 4.78 is 0. The SMILES string of the molecule is Oc1ccc(O)c2c1C1c3ccccc3C2c2cc3ccccc3cc21. The van der Waals surface area contributed by atoms with Gasteiger partial charge in [0.2, 0.25) is 0 Å². The average molecular weight is 336 g/mol. The third kappa shape index (κ3) is 1.57. The minimum Gasteiger partial charge on any atom is -0.508 e. The Bertz CT molecular complexity index is 1130. The molecule has 0 radical (unpaired) electrons. The van der Waals surface area contributed by atoms with Crippen LogP contribution in [-0.4, -0.2) is 10.2 Å². The summed E-state index contributed by atoms with van der Waals surface area (Å²) in [4.78, 5) is 0. The first kappa shape index (κ1) is 14.0. The van der Waals surface area contributed by atoms with Crippen molar-refractivity contribution < 1.29 is 10.2 Å². The largest absolute Gasteiger partial charge is 0.508 e. The van der Waals surface area contributed by atoms with E-state index in [0.29, 0.717) is 0 Å². The molecule has 0 saturated carbocycles. The van der Waals surface area contributed by atoms with E-state index in [1.54, 1.807) is 12.1 Å².